The second-order valence-electron chi connectivity index (χ2n) is 5.15. The van der Waals surface area contributed by atoms with Gasteiger partial charge in [-0.15, -0.1) is 0 Å². The molecule has 104 valence electrons. The topological polar surface area (TPSA) is 69.6 Å². The van der Waals surface area contributed by atoms with E-state index >= 15 is 0 Å². The van der Waals surface area contributed by atoms with Crippen molar-refractivity contribution in [2.75, 3.05) is 13.1 Å². The maximum absolute atomic E-state index is 12.0. The molecule has 0 radical (unpaired) electrons. The van der Waals surface area contributed by atoms with Crippen LogP contribution in [0.1, 0.15) is 46.0 Å². The number of carboxylic acid groups (broad SMARTS) is 1. The number of likely N-dealkylation sites (tertiary alicyclic amines) is 1. The molecule has 2 unspecified atom stereocenters. The maximum atomic E-state index is 12.0. The number of carboxylic acids is 1. The molecular formula is C13H24N2O3. The third-order valence-corrected chi connectivity index (χ3v) is 3.48. The molecule has 1 aliphatic heterocycles. The van der Waals surface area contributed by atoms with Gasteiger partial charge in [-0.3, -0.25) is 0 Å². The standard InChI is InChI=1S/C13H24N2O3/c1-3-5-11(12(16)17)14-13(18)15-8-4-6-10(2)7-9-15/h10-11H,3-9H2,1-2H3,(H,14,18)(H,16,17). The first-order valence-electron chi connectivity index (χ1n) is 6.82. The Labute approximate surface area is 109 Å². The lowest BCUT2D eigenvalue weighted by Crippen LogP contribution is -2.48. The van der Waals surface area contributed by atoms with Crippen molar-refractivity contribution >= 4 is 12.0 Å². The molecule has 0 bridgehead atoms. The molecule has 0 aromatic heterocycles. The van der Waals surface area contributed by atoms with Gasteiger partial charge in [0.25, 0.3) is 0 Å². The van der Waals surface area contributed by atoms with E-state index in [4.69, 9.17) is 5.11 Å². The average molecular weight is 256 g/mol. The zero-order valence-electron chi connectivity index (χ0n) is 11.3. The van der Waals surface area contributed by atoms with Crippen molar-refractivity contribution in [3.8, 4) is 0 Å². The molecule has 0 aliphatic carbocycles. The molecule has 0 aromatic rings. The molecule has 5 heteroatoms. The van der Waals surface area contributed by atoms with Crippen molar-refractivity contribution in [1.29, 1.82) is 0 Å². The summed E-state index contributed by atoms with van der Waals surface area (Å²) in [6, 6.07) is -0.992. The van der Waals surface area contributed by atoms with Gasteiger partial charge < -0.3 is 15.3 Å². The van der Waals surface area contributed by atoms with E-state index < -0.39 is 12.0 Å². The van der Waals surface area contributed by atoms with Gasteiger partial charge in [0, 0.05) is 13.1 Å². The van der Waals surface area contributed by atoms with Crippen molar-refractivity contribution in [2.24, 2.45) is 5.92 Å². The normalized spacial score (nSPS) is 22.1. The molecule has 5 nitrogen and oxygen atoms in total. The lowest BCUT2D eigenvalue weighted by molar-refractivity contribution is -0.139. The Hall–Kier alpha value is -1.26. The monoisotopic (exact) mass is 256 g/mol. The summed E-state index contributed by atoms with van der Waals surface area (Å²) < 4.78 is 0. The first-order chi connectivity index (χ1) is 8.54. The zero-order valence-corrected chi connectivity index (χ0v) is 11.3. The first kappa shape index (κ1) is 14.8. The number of carbonyl (C=O) groups is 2. The number of hydrogen-bond acceptors (Lipinski definition) is 2. The highest BCUT2D eigenvalue weighted by molar-refractivity contribution is 5.82. The van der Waals surface area contributed by atoms with Crippen LogP contribution in [0.4, 0.5) is 4.79 Å². The maximum Gasteiger partial charge on any atom is 0.326 e. The van der Waals surface area contributed by atoms with E-state index in [1.54, 1.807) is 4.90 Å². The smallest absolute Gasteiger partial charge is 0.326 e. The predicted octanol–water partition coefficient (Wildman–Crippen LogP) is 2.07. The van der Waals surface area contributed by atoms with Crippen LogP contribution in [0.3, 0.4) is 0 Å². The summed E-state index contributed by atoms with van der Waals surface area (Å²) in [7, 11) is 0. The Balaban J connectivity index is 2.49. The number of nitrogens with zero attached hydrogens (tertiary/aromatic N) is 1. The fourth-order valence-corrected chi connectivity index (χ4v) is 2.25. The Bertz CT molecular complexity index is 294. The highest BCUT2D eigenvalue weighted by Crippen LogP contribution is 2.16. The number of aliphatic carboxylic acids is 1. The minimum Gasteiger partial charge on any atom is -0.480 e. The van der Waals surface area contributed by atoms with Gasteiger partial charge >= 0.3 is 12.0 Å². The minimum atomic E-state index is -0.951. The van der Waals surface area contributed by atoms with Crippen LogP contribution in [0.5, 0.6) is 0 Å². The Morgan fingerprint density at radius 1 is 1.39 bits per heavy atom. The van der Waals surface area contributed by atoms with Gasteiger partial charge in [0.1, 0.15) is 6.04 Å². The van der Waals surface area contributed by atoms with E-state index in [0.29, 0.717) is 12.3 Å². The highest BCUT2D eigenvalue weighted by atomic mass is 16.4. The molecule has 1 rings (SSSR count). The molecule has 2 atom stereocenters. The summed E-state index contributed by atoms with van der Waals surface area (Å²) in [5.41, 5.74) is 0. The summed E-state index contributed by atoms with van der Waals surface area (Å²) in [6.07, 6.45) is 4.36. The molecule has 1 aliphatic rings. The van der Waals surface area contributed by atoms with Gasteiger partial charge in [-0.25, -0.2) is 9.59 Å². The van der Waals surface area contributed by atoms with Crippen LogP contribution in [-0.4, -0.2) is 41.1 Å². The summed E-state index contributed by atoms with van der Waals surface area (Å²) >= 11 is 0. The number of carbonyl (C=O) groups excluding carboxylic acids is 1. The summed E-state index contributed by atoms with van der Waals surface area (Å²) in [6.45, 7) is 5.56. The van der Waals surface area contributed by atoms with Crippen molar-refractivity contribution in [1.82, 2.24) is 10.2 Å². The molecule has 1 saturated heterocycles. The Morgan fingerprint density at radius 2 is 2.11 bits per heavy atom. The summed E-state index contributed by atoms with van der Waals surface area (Å²) in [5, 5.41) is 11.6. The summed E-state index contributed by atoms with van der Waals surface area (Å²) in [4.78, 5) is 24.7. The van der Waals surface area contributed by atoms with Gasteiger partial charge in [-0.2, -0.15) is 0 Å². The van der Waals surface area contributed by atoms with Crippen molar-refractivity contribution in [2.45, 2.75) is 52.0 Å². The predicted molar refractivity (Wildman–Crippen MR) is 69.5 cm³/mol. The lowest BCUT2D eigenvalue weighted by atomic mass is 10.0. The third-order valence-electron chi connectivity index (χ3n) is 3.48. The van der Waals surface area contributed by atoms with Crippen LogP contribution < -0.4 is 5.32 Å². The van der Waals surface area contributed by atoms with Gasteiger partial charge in [0.15, 0.2) is 0 Å². The van der Waals surface area contributed by atoms with Crippen LogP contribution in [0.15, 0.2) is 0 Å². The third kappa shape index (κ3) is 4.55. The number of nitrogens with one attached hydrogen (secondary N) is 1. The second kappa shape index (κ2) is 7.24. The molecular weight excluding hydrogens is 232 g/mol. The van der Waals surface area contributed by atoms with Gasteiger partial charge in [0.2, 0.25) is 0 Å². The molecule has 1 heterocycles. The molecule has 1 fully saturated rings. The van der Waals surface area contributed by atoms with Gasteiger partial charge in [-0.1, -0.05) is 20.3 Å². The quantitative estimate of drug-likeness (QED) is 0.809. The SMILES string of the molecule is CCCC(NC(=O)N1CCCC(C)CC1)C(=O)O. The number of amides is 2. The van der Waals surface area contributed by atoms with E-state index in [1.165, 1.54) is 0 Å². The molecule has 2 N–H and O–H groups in total. The first-order valence-corrected chi connectivity index (χ1v) is 6.82. The Kier molecular flexibility index (Phi) is 5.95. The van der Waals surface area contributed by atoms with Gasteiger partial charge in [0.05, 0.1) is 0 Å². The Morgan fingerprint density at radius 3 is 2.72 bits per heavy atom. The molecule has 0 spiro atoms. The molecule has 2 amide bonds. The number of urea groups is 1. The van der Waals surface area contributed by atoms with E-state index in [0.717, 1.165) is 38.8 Å². The minimum absolute atomic E-state index is 0.232. The summed E-state index contributed by atoms with van der Waals surface area (Å²) in [5.74, 6) is -0.304. The van der Waals surface area contributed by atoms with E-state index in [1.807, 2.05) is 6.92 Å². The van der Waals surface area contributed by atoms with Crippen LogP contribution in [0, 0.1) is 5.92 Å². The van der Waals surface area contributed by atoms with Crippen LogP contribution in [-0.2, 0) is 4.79 Å². The molecule has 0 saturated carbocycles. The lowest BCUT2D eigenvalue weighted by Gasteiger charge is -2.23. The fraction of sp³-hybridized carbons (Fsp3) is 0.846. The van der Waals surface area contributed by atoms with E-state index in [9.17, 15) is 9.59 Å². The highest BCUT2D eigenvalue weighted by Gasteiger charge is 2.23. The average Bonchev–Trinajstić information content (AvgIpc) is 2.53. The van der Waals surface area contributed by atoms with Crippen molar-refractivity contribution in [3.63, 3.8) is 0 Å². The van der Waals surface area contributed by atoms with E-state index in [-0.39, 0.29) is 6.03 Å². The van der Waals surface area contributed by atoms with Crippen LogP contribution in [0.25, 0.3) is 0 Å². The van der Waals surface area contributed by atoms with Crippen molar-refractivity contribution < 1.29 is 14.7 Å². The number of rotatable bonds is 4. The zero-order chi connectivity index (χ0) is 13.5. The largest absolute Gasteiger partial charge is 0.480 e. The van der Waals surface area contributed by atoms with Crippen LogP contribution in [0.2, 0.25) is 0 Å². The fourth-order valence-electron chi connectivity index (χ4n) is 2.25. The molecule has 18 heavy (non-hydrogen) atoms. The molecule has 0 aromatic carbocycles. The van der Waals surface area contributed by atoms with Crippen LogP contribution >= 0.6 is 0 Å². The van der Waals surface area contributed by atoms with E-state index in [2.05, 4.69) is 12.2 Å². The van der Waals surface area contributed by atoms with Gasteiger partial charge in [-0.05, 0) is 31.6 Å². The number of hydrogen-bond donors (Lipinski definition) is 2. The van der Waals surface area contributed by atoms with Crippen molar-refractivity contribution in [3.05, 3.63) is 0 Å². The second-order valence-corrected chi connectivity index (χ2v) is 5.15.